The number of phenols is 2. The number of carbonyl (C=O) groups excluding carboxylic acids is 7. The van der Waals surface area contributed by atoms with Gasteiger partial charge in [-0.05, 0) is 18.6 Å². The SMILES string of the molecule is COc1cc(-c2cc(=O)c3c(O)cc(O[C@@H]4O[C@H](COC(C)=O)[C@@H](C[C@H]5O[C@H](COC(C)=O)[C@@H](OC(C)=O)[C@H](OC(C)=O)[C@H]5OC(C)=O)[C@H](OC(C)=O)[C@H]4OC(C)=O)cc3o2)cc(OC)c1O. The molecule has 3 aromatic rings. The predicted octanol–water partition coefficient (Wildman–Crippen LogP) is 2.55. The van der Waals surface area contributed by atoms with Crippen molar-refractivity contribution >= 4 is 52.8 Å². The van der Waals surface area contributed by atoms with Crippen molar-refractivity contribution in [2.45, 2.75) is 110 Å². The minimum atomic E-state index is -1.77. The fourth-order valence-electron chi connectivity index (χ4n) is 7.76. The summed E-state index contributed by atoms with van der Waals surface area (Å²) in [5.41, 5.74) is -0.695. The van der Waals surface area contributed by atoms with Gasteiger partial charge in [0.2, 0.25) is 18.1 Å². The van der Waals surface area contributed by atoms with Crippen LogP contribution in [0, 0.1) is 5.92 Å². The van der Waals surface area contributed by atoms with Crippen molar-refractivity contribution in [2.75, 3.05) is 27.4 Å². The van der Waals surface area contributed by atoms with Gasteiger partial charge in [0.05, 0.1) is 20.3 Å². The molecule has 0 amide bonds. The first-order valence-corrected chi connectivity index (χ1v) is 20.5. The summed E-state index contributed by atoms with van der Waals surface area (Å²) in [5, 5.41) is 21.3. The molecule has 0 radical (unpaired) electrons. The van der Waals surface area contributed by atoms with Crippen molar-refractivity contribution < 1.29 is 105 Å². The van der Waals surface area contributed by atoms with Gasteiger partial charge in [-0.15, -0.1) is 0 Å². The summed E-state index contributed by atoms with van der Waals surface area (Å²) in [7, 11) is 2.60. The van der Waals surface area contributed by atoms with Gasteiger partial charge in [-0.3, -0.25) is 38.4 Å². The average molecular weight is 947 g/mol. The van der Waals surface area contributed by atoms with Gasteiger partial charge < -0.3 is 71.5 Å². The standard InChI is InChI=1S/C44H50O23/c1-18(45)57-16-35-27(14-34-40(60-21(4)48)42(62-23(6)50)41(61-22(5)49)36(66-34)17-58-19(2)46)39(59-20(3)47)43(63-24(7)51)44(67-35)64-26-12-28(52)37-29(53)15-30(65-31(37)13-26)25-10-32(55-8)38(54)33(11-25)56-9/h10-13,15,27,34-36,39-44,52,54H,14,16-17H2,1-9H3/t27-,34-,35-,36-,39+,40+,41-,42-,43-,44-/m1/s1. The Kier molecular flexibility index (Phi) is 16.6. The Labute approximate surface area is 381 Å². The zero-order valence-electron chi connectivity index (χ0n) is 37.7. The van der Waals surface area contributed by atoms with Crippen LogP contribution in [0.3, 0.4) is 0 Å². The number of benzene rings is 2. The number of aromatic hydroxyl groups is 2. The van der Waals surface area contributed by atoms with Crippen LogP contribution in [-0.2, 0) is 76.2 Å². The second kappa shape index (κ2) is 21.9. The monoisotopic (exact) mass is 946 g/mol. The van der Waals surface area contributed by atoms with Crippen molar-refractivity contribution in [1.82, 2.24) is 0 Å². The van der Waals surface area contributed by atoms with Gasteiger partial charge in [0.25, 0.3) is 0 Å². The maximum Gasteiger partial charge on any atom is 0.303 e. The van der Waals surface area contributed by atoms with Gasteiger partial charge in [0.15, 0.2) is 41.3 Å². The molecule has 1 aromatic heterocycles. The third kappa shape index (κ3) is 12.6. The van der Waals surface area contributed by atoms with Crippen LogP contribution in [0.25, 0.3) is 22.3 Å². The van der Waals surface area contributed by atoms with Crippen LogP contribution in [0.1, 0.15) is 54.9 Å². The van der Waals surface area contributed by atoms with E-state index >= 15 is 0 Å². The van der Waals surface area contributed by atoms with Crippen LogP contribution in [0.2, 0.25) is 0 Å². The van der Waals surface area contributed by atoms with E-state index in [1.54, 1.807) is 0 Å². The minimum Gasteiger partial charge on any atom is -0.507 e. The molecule has 67 heavy (non-hydrogen) atoms. The van der Waals surface area contributed by atoms with Crippen LogP contribution in [0.15, 0.2) is 39.5 Å². The highest BCUT2D eigenvalue weighted by Gasteiger charge is 2.57. The molecule has 2 N–H and O–H groups in total. The molecule has 2 aromatic carbocycles. The lowest BCUT2D eigenvalue weighted by Crippen LogP contribution is -2.65. The molecule has 10 atom stereocenters. The molecular weight excluding hydrogens is 896 g/mol. The summed E-state index contributed by atoms with van der Waals surface area (Å²) < 4.78 is 74.2. The lowest BCUT2D eigenvalue weighted by Gasteiger charge is -2.48. The second-order valence-electron chi connectivity index (χ2n) is 15.3. The van der Waals surface area contributed by atoms with E-state index in [9.17, 15) is 48.6 Å². The maximum atomic E-state index is 13.4. The summed E-state index contributed by atoms with van der Waals surface area (Å²) >= 11 is 0. The van der Waals surface area contributed by atoms with Crippen LogP contribution < -0.4 is 19.6 Å². The maximum absolute atomic E-state index is 13.4. The summed E-state index contributed by atoms with van der Waals surface area (Å²) in [6.45, 7) is 6.26. The molecule has 364 valence electrons. The molecule has 2 saturated heterocycles. The Bertz CT molecular complexity index is 2400. The van der Waals surface area contributed by atoms with E-state index in [0.717, 1.165) is 60.6 Å². The first-order chi connectivity index (χ1) is 31.6. The topological polar surface area (TPSA) is 301 Å². The summed E-state index contributed by atoms with van der Waals surface area (Å²) in [6, 6.07) is 6.07. The average Bonchev–Trinajstić information content (AvgIpc) is 3.22. The Morgan fingerprint density at radius 2 is 1.06 bits per heavy atom. The normalized spacial score (nSPS) is 24.6. The molecule has 2 fully saturated rings. The Morgan fingerprint density at radius 1 is 0.567 bits per heavy atom. The molecule has 0 unspecified atom stereocenters. The molecule has 0 saturated carbocycles. The van der Waals surface area contributed by atoms with Crippen molar-refractivity contribution in [2.24, 2.45) is 5.92 Å². The molecule has 0 bridgehead atoms. The fourth-order valence-corrected chi connectivity index (χ4v) is 7.76. The molecule has 0 aliphatic carbocycles. The summed E-state index contributed by atoms with van der Waals surface area (Å²) in [4.78, 5) is 101. The summed E-state index contributed by atoms with van der Waals surface area (Å²) in [5.74, 6) is -8.61. The first kappa shape index (κ1) is 50.9. The number of carbonyl (C=O) groups is 7. The van der Waals surface area contributed by atoms with Crippen LogP contribution in [0.4, 0.5) is 0 Å². The molecule has 2 aliphatic rings. The van der Waals surface area contributed by atoms with Crippen molar-refractivity contribution in [3.8, 4) is 40.1 Å². The lowest BCUT2D eigenvalue weighted by molar-refractivity contribution is -0.287. The van der Waals surface area contributed by atoms with E-state index in [1.807, 2.05) is 0 Å². The number of methoxy groups -OCH3 is 2. The number of hydrogen-bond acceptors (Lipinski definition) is 23. The third-order valence-corrected chi connectivity index (χ3v) is 10.2. The van der Waals surface area contributed by atoms with Crippen molar-refractivity contribution in [3.63, 3.8) is 0 Å². The second-order valence-corrected chi connectivity index (χ2v) is 15.3. The highest BCUT2D eigenvalue weighted by atomic mass is 16.7. The van der Waals surface area contributed by atoms with Crippen molar-refractivity contribution in [3.05, 3.63) is 40.6 Å². The number of hydrogen-bond donors (Lipinski definition) is 2. The molecule has 0 spiro atoms. The largest absolute Gasteiger partial charge is 0.507 e. The highest BCUT2D eigenvalue weighted by molar-refractivity contribution is 5.86. The molecule has 5 rings (SSSR count). The first-order valence-electron chi connectivity index (χ1n) is 20.5. The Balaban J connectivity index is 1.62. The summed E-state index contributed by atoms with van der Waals surface area (Å²) in [6.07, 6.45) is -14.3. The predicted molar refractivity (Wildman–Crippen MR) is 221 cm³/mol. The van der Waals surface area contributed by atoms with Crippen LogP contribution in [-0.4, -0.2) is 135 Å². The number of ether oxygens (including phenoxy) is 12. The molecule has 2 aliphatic heterocycles. The van der Waals surface area contributed by atoms with Gasteiger partial charge in [0, 0.05) is 78.1 Å². The van der Waals surface area contributed by atoms with E-state index in [2.05, 4.69) is 0 Å². The van der Waals surface area contributed by atoms with Gasteiger partial charge in [-0.1, -0.05) is 0 Å². The fraction of sp³-hybridized carbons (Fsp3) is 0.500. The van der Waals surface area contributed by atoms with Crippen molar-refractivity contribution in [1.29, 1.82) is 0 Å². The number of rotatable bonds is 16. The number of phenolic OH excluding ortho intramolecular Hbond substituents is 2. The van der Waals surface area contributed by atoms with Gasteiger partial charge in [-0.2, -0.15) is 0 Å². The zero-order chi connectivity index (χ0) is 49.4. The van der Waals surface area contributed by atoms with Crippen LogP contribution in [0.5, 0.6) is 28.7 Å². The van der Waals surface area contributed by atoms with E-state index < -0.39 is 134 Å². The van der Waals surface area contributed by atoms with E-state index in [-0.39, 0.29) is 45.3 Å². The van der Waals surface area contributed by atoms with E-state index in [0.29, 0.717) is 0 Å². The van der Waals surface area contributed by atoms with Gasteiger partial charge >= 0.3 is 41.8 Å². The molecule has 3 heterocycles. The Morgan fingerprint density at radius 3 is 1.58 bits per heavy atom. The number of fused-ring (bicyclic) bond motifs is 1. The minimum absolute atomic E-state index is 0.0129. The molecule has 23 heteroatoms. The quantitative estimate of drug-likeness (QED) is 0.154. The highest BCUT2D eigenvalue weighted by Crippen LogP contribution is 2.43. The number of esters is 7. The third-order valence-electron chi connectivity index (χ3n) is 10.2. The smallest absolute Gasteiger partial charge is 0.303 e. The van der Waals surface area contributed by atoms with E-state index in [1.165, 1.54) is 32.4 Å². The molecule has 23 nitrogen and oxygen atoms in total. The van der Waals surface area contributed by atoms with E-state index in [4.69, 9.17) is 61.3 Å². The van der Waals surface area contributed by atoms with Crippen LogP contribution >= 0.6 is 0 Å². The van der Waals surface area contributed by atoms with Gasteiger partial charge in [-0.25, -0.2) is 0 Å². The lowest BCUT2D eigenvalue weighted by atomic mass is 9.81. The van der Waals surface area contributed by atoms with Gasteiger partial charge in [0.1, 0.15) is 53.7 Å². The zero-order valence-corrected chi connectivity index (χ0v) is 37.7. The Hall–Kier alpha value is -7.14. The molecular formula is C44H50O23.